The van der Waals surface area contributed by atoms with Crippen molar-refractivity contribution in [3.05, 3.63) is 83.1 Å². The van der Waals surface area contributed by atoms with E-state index in [2.05, 4.69) is 0 Å². The minimum atomic E-state index is -5.24. The van der Waals surface area contributed by atoms with E-state index in [0.717, 1.165) is 10.5 Å². The van der Waals surface area contributed by atoms with E-state index in [4.69, 9.17) is 0 Å². The zero-order valence-electron chi connectivity index (χ0n) is 19.3. The number of benzene rings is 2. The van der Waals surface area contributed by atoms with Gasteiger partial charge in [-0.05, 0) is 24.8 Å². The number of carbonyl (C=O) groups is 3. The third-order valence-corrected chi connectivity index (χ3v) is 5.78. The highest BCUT2D eigenvalue weighted by Crippen LogP contribution is 2.46. The summed E-state index contributed by atoms with van der Waals surface area (Å²) in [6, 6.07) is 16.5. The van der Waals surface area contributed by atoms with Crippen molar-refractivity contribution in [2.24, 2.45) is 5.92 Å². The molecule has 1 atom stereocenters. The molecule has 0 unspecified atom stereocenters. The number of ketones is 1. The molecule has 0 aromatic heterocycles. The number of amides is 2. The van der Waals surface area contributed by atoms with Gasteiger partial charge in [0, 0.05) is 24.2 Å². The van der Waals surface area contributed by atoms with Crippen LogP contribution in [-0.2, 0) is 16.0 Å². The summed E-state index contributed by atoms with van der Waals surface area (Å²) >= 11 is 0. The largest absolute Gasteiger partial charge is 0.425 e. The average molecular weight is 473 g/mol. The van der Waals surface area contributed by atoms with E-state index in [1.165, 1.54) is 31.2 Å². The highest BCUT2D eigenvalue weighted by molar-refractivity contribution is 6.19. The summed E-state index contributed by atoms with van der Waals surface area (Å²) in [5, 5.41) is 1.94. The SMILES string of the molecule is CC1=C(C(=O)c2ccccc2)[C@](NC(=O)CC(C)C)(C(F)(F)F)C(=O)N1CCc1ccccc1. The minimum absolute atomic E-state index is 0.00120. The number of allylic oxidation sites excluding steroid dienone is 1. The fraction of sp³-hybridized carbons (Fsp3) is 0.346. The summed E-state index contributed by atoms with van der Waals surface area (Å²) in [6.45, 7) is 4.61. The van der Waals surface area contributed by atoms with Gasteiger partial charge in [0.05, 0.1) is 5.57 Å². The molecule has 2 amide bonds. The Morgan fingerprint density at radius 1 is 1.00 bits per heavy atom. The van der Waals surface area contributed by atoms with Gasteiger partial charge in [0.25, 0.3) is 5.91 Å². The Hall–Kier alpha value is -3.42. The van der Waals surface area contributed by atoms with Gasteiger partial charge in [-0.15, -0.1) is 0 Å². The minimum Gasteiger partial charge on any atom is -0.330 e. The number of alkyl halides is 3. The van der Waals surface area contributed by atoms with Gasteiger partial charge in [-0.3, -0.25) is 14.4 Å². The second-order valence-electron chi connectivity index (χ2n) is 8.74. The number of nitrogens with zero attached hydrogens (tertiary/aromatic N) is 1. The summed E-state index contributed by atoms with van der Waals surface area (Å²) in [6.07, 6.45) is -5.18. The molecule has 0 spiro atoms. The normalized spacial score (nSPS) is 18.6. The van der Waals surface area contributed by atoms with E-state index < -0.39 is 34.9 Å². The van der Waals surface area contributed by atoms with E-state index in [9.17, 15) is 27.6 Å². The Balaban J connectivity index is 2.12. The van der Waals surface area contributed by atoms with Crippen LogP contribution >= 0.6 is 0 Å². The molecule has 1 aliphatic rings. The number of rotatable bonds is 8. The molecule has 0 fully saturated rings. The molecule has 8 heteroatoms. The van der Waals surface area contributed by atoms with Crippen LogP contribution in [0.2, 0.25) is 0 Å². The quantitative estimate of drug-likeness (QED) is 0.567. The van der Waals surface area contributed by atoms with Crippen molar-refractivity contribution in [1.82, 2.24) is 10.2 Å². The van der Waals surface area contributed by atoms with Gasteiger partial charge in [-0.25, -0.2) is 0 Å². The van der Waals surface area contributed by atoms with Gasteiger partial charge in [0.1, 0.15) is 0 Å². The summed E-state index contributed by atoms with van der Waals surface area (Å²) in [5.41, 5.74) is -3.50. The van der Waals surface area contributed by atoms with Gasteiger partial charge in [0.15, 0.2) is 5.78 Å². The van der Waals surface area contributed by atoms with Gasteiger partial charge in [-0.2, -0.15) is 13.2 Å². The molecular formula is C26H27F3N2O3. The molecule has 0 bridgehead atoms. The first kappa shape index (κ1) is 25.2. The van der Waals surface area contributed by atoms with Crippen molar-refractivity contribution in [1.29, 1.82) is 0 Å². The fourth-order valence-corrected chi connectivity index (χ4v) is 4.17. The molecule has 5 nitrogen and oxygen atoms in total. The number of hydrogen-bond donors (Lipinski definition) is 1. The first-order chi connectivity index (χ1) is 16.0. The number of carbonyl (C=O) groups excluding carboxylic acids is 3. The van der Waals surface area contributed by atoms with Gasteiger partial charge in [0.2, 0.25) is 11.4 Å². The molecule has 0 saturated carbocycles. The molecule has 180 valence electrons. The lowest BCUT2D eigenvalue weighted by Gasteiger charge is -2.33. The predicted molar refractivity (Wildman–Crippen MR) is 122 cm³/mol. The van der Waals surface area contributed by atoms with Crippen LogP contribution in [0.5, 0.6) is 0 Å². The lowest BCUT2D eigenvalue weighted by atomic mass is 9.84. The van der Waals surface area contributed by atoms with Crippen LogP contribution in [0.1, 0.15) is 43.1 Å². The van der Waals surface area contributed by atoms with E-state index in [1.807, 2.05) is 11.4 Å². The summed E-state index contributed by atoms with van der Waals surface area (Å²) in [4.78, 5) is 40.4. The van der Waals surface area contributed by atoms with E-state index >= 15 is 0 Å². The van der Waals surface area contributed by atoms with Crippen molar-refractivity contribution < 1.29 is 27.6 Å². The van der Waals surface area contributed by atoms with Crippen molar-refractivity contribution >= 4 is 17.6 Å². The second-order valence-corrected chi connectivity index (χ2v) is 8.74. The third kappa shape index (κ3) is 4.76. The van der Waals surface area contributed by atoms with Crippen molar-refractivity contribution in [2.75, 3.05) is 6.54 Å². The molecule has 1 heterocycles. The molecule has 0 aliphatic carbocycles. The Morgan fingerprint density at radius 2 is 1.56 bits per heavy atom. The van der Waals surface area contributed by atoms with Crippen LogP contribution in [0.4, 0.5) is 13.2 Å². The molecule has 2 aromatic rings. The lowest BCUT2D eigenvalue weighted by molar-refractivity contribution is -0.193. The fourth-order valence-electron chi connectivity index (χ4n) is 4.17. The Bertz CT molecular complexity index is 1100. The highest BCUT2D eigenvalue weighted by atomic mass is 19.4. The van der Waals surface area contributed by atoms with Crippen LogP contribution in [0.25, 0.3) is 0 Å². The van der Waals surface area contributed by atoms with Crippen LogP contribution in [0, 0.1) is 5.92 Å². The zero-order valence-corrected chi connectivity index (χ0v) is 19.3. The average Bonchev–Trinajstić information content (AvgIpc) is 2.99. The monoisotopic (exact) mass is 472 g/mol. The summed E-state index contributed by atoms with van der Waals surface area (Å²) in [5.74, 6) is -3.51. The highest BCUT2D eigenvalue weighted by Gasteiger charge is 2.70. The van der Waals surface area contributed by atoms with Gasteiger partial charge < -0.3 is 10.2 Å². The second kappa shape index (κ2) is 9.83. The topological polar surface area (TPSA) is 66.5 Å². The van der Waals surface area contributed by atoms with E-state index in [-0.39, 0.29) is 36.6 Å². The molecular weight excluding hydrogens is 445 g/mol. The van der Waals surface area contributed by atoms with Gasteiger partial charge >= 0.3 is 6.18 Å². The van der Waals surface area contributed by atoms with Crippen LogP contribution in [0.3, 0.4) is 0 Å². The Morgan fingerprint density at radius 3 is 2.09 bits per heavy atom. The van der Waals surface area contributed by atoms with Gasteiger partial charge in [-0.1, -0.05) is 74.5 Å². The molecule has 0 saturated heterocycles. The number of nitrogens with one attached hydrogen (secondary N) is 1. The van der Waals surface area contributed by atoms with E-state index in [0.29, 0.717) is 0 Å². The summed E-state index contributed by atoms with van der Waals surface area (Å²) in [7, 11) is 0. The summed E-state index contributed by atoms with van der Waals surface area (Å²) < 4.78 is 44.3. The number of halogens is 3. The Labute approximate surface area is 196 Å². The van der Waals surface area contributed by atoms with Crippen molar-refractivity contribution in [3.8, 4) is 0 Å². The number of hydrogen-bond acceptors (Lipinski definition) is 3. The maximum Gasteiger partial charge on any atom is 0.425 e. The molecule has 1 aliphatic heterocycles. The van der Waals surface area contributed by atoms with Crippen LogP contribution < -0.4 is 5.32 Å². The molecule has 34 heavy (non-hydrogen) atoms. The first-order valence-electron chi connectivity index (χ1n) is 11.0. The maximum absolute atomic E-state index is 14.8. The number of Topliss-reactive ketones (excluding diaryl/α,β-unsaturated/α-hetero) is 1. The molecule has 3 rings (SSSR count). The Kier molecular flexibility index (Phi) is 7.29. The zero-order chi connectivity index (χ0) is 25.1. The smallest absolute Gasteiger partial charge is 0.330 e. The van der Waals surface area contributed by atoms with Crippen LogP contribution in [-0.4, -0.2) is 40.8 Å². The predicted octanol–water partition coefficient (Wildman–Crippen LogP) is 4.69. The van der Waals surface area contributed by atoms with E-state index in [1.54, 1.807) is 44.2 Å². The molecule has 1 N–H and O–H groups in total. The van der Waals surface area contributed by atoms with Crippen molar-refractivity contribution in [2.45, 2.75) is 45.3 Å². The first-order valence-corrected chi connectivity index (χ1v) is 11.0. The lowest BCUT2D eigenvalue weighted by Crippen LogP contribution is -2.66. The molecule has 0 radical (unpaired) electrons. The maximum atomic E-state index is 14.8. The van der Waals surface area contributed by atoms with Crippen LogP contribution in [0.15, 0.2) is 71.9 Å². The van der Waals surface area contributed by atoms with Crippen molar-refractivity contribution in [3.63, 3.8) is 0 Å². The standard InChI is InChI=1S/C26H27F3N2O3/c1-17(2)16-21(32)30-25(26(27,28)29)22(23(33)20-12-8-5-9-13-20)18(3)31(24(25)34)15-14-19-10-6-4-7-11-19/h4-13,17H,14-16H2,1-3H3,(H,30,32)/t25-/m1/s1. The third-order valence-electron chi connectivity index (χ3n) is 5.78. The molecule has 2 aromatic carbocycles.